The van der Waals surface area contributed by atoms with Crippen LogP contribution < -0.4 is 5.32 Å². The number of nitrogens with one attached hydrogen (secondary N) is 1. The Labute approximate surface area is 182 Å². The summed E-state index contributed by atoms with van der Waals surface area (Å²) >= 11 is 24.5. The number of rotatable bonds is 5. The average Bonchev–Trinajstić information content (AvgIpc) is 3.10. The second kappa shape index (κ2) is 8.33. The van der Waals surface area contributed by atoms with E-state index in [1.807, 2.05) is 13.0 Å². The van der Waals surface area contributed by atoms with Gasteiger partial charge in [-0.1, -0.05) is 52.5 Å². The summed E-state index contributed by atoms with van der Waals surface area (Å²) in [5.41, 5.74) is 2.21. The minimum absolute atomic E-state index is 0.260. The Kier molecular flexibility index (Phi) is 6.25. The zero-order valence-corrected chi connectivity index (χ0v) is 18.3. The smallest absolute Gasteiger partial charge is 0.250 e. The third kappa shape index (κ3) is 4.30. The molecule has 1 amide bonds. The maximum Gasteiger partial charge on any atom is 0.250 e. The Morgan fingerprint density at radius 3 is 2.46 bits per heavy atom. The topological polar surface area (TPSA) is 64.7 Å². The normalized spacial score (nSPS) is 12.2. The fourth-order valence-electron chi connectivity index (χ4n) is 2.74. The van der Waals surface area contributed by atoms with Crippen LogP contribution in [0.3, 0.4) is 0 Å². The molecule has 1 aromatic carbocycles. The van der Waals surface area contributed by atoms with Crippen LogP contribution in [-0.4, -0.2) is 25.5 Å². The molecule has 1 atom stereocenters. The number of benzene rings is 1. The van der Waals surface area contributed by atoms with Gasteiger partial charge in [-0.2, -0.15) is 10.2 Å². The Bertz CT molecular complexity index is 1040. The summed E-state index contributed by atoms with van der Waals surface area (Å²) in [7, 11) is 0. The van der Waals surface area contributed by atoms with E-state index in [0.717, 1.165) is 11.3 Å². The number of hydrogen-bond acceptors (Lipinski definition) is 3. The number of carbonyl (C=O) groups is 1. The molecule has 0 saturated heterocycles. The fraction of sp³-hybridized carbons (Fsp3) is 0.278. The number of hydrogen-bond donors (Lipinski definition) is 1. The highest BCUT2D eigenvalue weighted by Gasteiger charge is 2.22. The van der Waals surface area contributed by atoms with Gasteiger partial charge in [0.15, 0.2) is 5.82 Å². The van der Waals surface area contributed by atoms with E-state index in [-0.39, 0.29) is 11.7 Å². The van der Waals surface area contributed by atoms with Crippen molar-refractivity contribution in [1.82, 2.24) is 19.6 Å². The minimum atomic E-state index is -0.585. The van der Waals surface area contributed by atoms with Crippen LogP contribution >= 0.6 is 46.4 Å². The molecule has 3 rings (SSSR count). The van der Waals surface area contributed by atoms with E-state index in [1.54, 1.807) is 41.5 Å². The lowest BCUT2D eigenvalue weighted by atomic mass is 10.2. The lowest BCUT2D eigenvalue weighted by Crippen LogP contribution is -2.25. The van der Waals surface area contributed by atoms with Crippen LogP contribution in [0.4, 0.5) is 5.82 Å². The zero-order valence-electron chi connectivity index (χ0n) is 15.3. The third-order valence-electron chi connectivity index (χ3n) is 4.29. The number of anilines is 1. The number of carbonyl (C=O) groups excluding carboxylic acids is 1. The van der Waals surface area contributed by atoms with Crippen LogP contribution in [0.2, 0.25) is 20.1 Å². The van der Waals surface area contributed by atoms with E-state index < -0.39 is 6.04 Å². The predicted octanol–water partition coefficient (Wildman–Crippen LogP) is 5.56. The van der Waals surface area contributed by atoms with Crippen molar-refractivity contribution in [2.45, 2.75) is 33.4 Å². The first-order valence-electron chi connectivity index (χ1n) is 8.36. The van der Waals surface area contributed by atoms with Gasteiger partial charge >= 0.3 is 0 Å². The second-order valence-corrected chi connectivity index (χ2v) is 7.98. The summed E-state index contributed by atoms with van der Waals surface area (Å²) in [5.74, 6) is -0.0461. The van der Waals surface area contributed by atoms with Crippen molar-refractivity contribution < 1.29 is 4.79 Å². The van der Waals surface area contributed by atoms with E-state index in [1.165, 1.54) is 0 Å². The standard InChI is InChI=1S/C18H17Cl4N5O/c1-9-16(22)10(2)27(24-9)11(3)18(28)23-17-15(21)8-26(25-17)7-12-4-5-13(19)6-14(12)20/h4-6,8,11H,7H2,1-3H3,(H,23,25,28). The summed E-state index contributed by atoms with van der Waals surface area (Å²) in [6, 6.07) is 4.64. The van der Waals surface area contributed by atoms with Gasteiger partial charge in [-0.25, -0.2) is 0 Å². The van der Waals surface area contributed by atoms with Gasteiger partial charge in [-0.15, -0.1) is 0 Å². The van der Waals surface area contributed by atoms with Crippen molar-refractivity contribution in [3.05, 3.63) is 61.4 Å². The molecule has 2 heterocycles. The van der Waals surface area contributed by atoms with Crippen molar-refractivity contribution >= 4 is 58.1 Å². The van der Waals surface area contributed by atoms with Crippen molar-refractivity contribution in [2.75, 3.05) is 5.32 Å². The van der Waals surface area contributed by atoms with E-state index >= 15 is 0 Å². The van der Waals surface area contributed by atoms with Gasteiger partial charge in [0.25, 0.3) is 0 Å². The van der Waals surface area contributed by atoms with Crippen molar-refractivity contribution in [3.63, 3.8) is 0 Å². The van der Waals surface area contributed by atoms with Gasteiger partial charge in [0, 0.05) is 16.2 Å². The number of amides is 1. The largest absolute Gasteiger partial charge is 0.306 e. The molecule has 0 spiro atoms. The van der Waals surface area contributed by atoms with E-state index in [9.17, 15) is 4.79 Å². The molecule has 0 saturated carbocycles. The summed E-state index contributed by atoms with van der Waals surface area (Å²) in [6.45, 7) is 5.71. The molecule has 0 radical (unpaired) electrons. The summed E-state index contributed by atoms with van der Waals surface area (Å²) in [4.78, 5) is 12.6. The Balaban J connectivity index is 1.75. The van der Waals surface area contributed by atoms with Crippen LogP contribution in [0.5, 0.6) is 0 Å². The molecule has 148 valence electrons. The SMILES string of the molecule is Cc1nn(C(C)C(=O)Nc2nn(Cc3ccc(Cl)cc3Cl)cc2Cl)c(C)c1Cl. The quantitative estimate of drug-likeness (QED) is 0.542. The lowest BCUT2D eigenvalue weighted by Gasteiger charge is -2.13. The van der Waals surface area contributed by atoms with E-state index in [0.29, 0.717) is 32.3 Å². The summed E-state index contributed by atoms with van der Waals surface area (Å²) in [5, 5.41) is 13.3. The van der Waals surface area contributed by atoms with Crippen molar-refractivity contribution in [2.24, 2.45) is 0 Å². The monoisotopic (exact) mass is 459 g/mol. The molecule has 1 N–H and O–H groups in total. The van der Waals surface area contributed by atoms with Gasteiger partial charge < -0.3 is 5.32 Å². The number of nitrogens with zero attached hydrogens (tertiary/aromatic N) is 4. The minimum Gasteiger partial charge on any atom is -0.306 e. The van der Waals surface area contributed by atoms with Crippen LogP contribution in [0, 0.1) is 13.8 Å². The first-order chi connectivity index (χ1) is 13.2. The van der Waals surface area contributed by atoms with Gasteiger partial charge in [0.2, 0.25) is 5.91 Å². The molecule has 10 heteroatoms. The molecule has 3 aromatic rings. The molecular formula is C18H17Cl4N5O. The average molecular weight is 461 g/mol. The van der Waals surface area contributed by atoms with Crippen LogP contribution in [0.25, 0.3) is 0 Å². The molecule has 0 aliphatic rings. The number of halogens is 4. The summed E-state index contributed by atoms with van der Waals surface area (Å²) in [6.07, 6.45) is 1.62. The van der Waals surface area contributed by atoms with Gasteiger partial charge in [-0.05, 0) is 38.5 Å². The Morgan fingerprint density at radius 2 is 1.86 bits per heavy atom. The third-order valence-corrected chi connectivity index (χ3v) is 5.70. The van der Waals surface area contributed by atoms with Gasteiger partial charge in [-0.3, -0.25) is 14.2 Å². The highest BCUT2D eigenvalue weighted by Crippen LogP contribution is 2.26. The number of aryl methyl sites for hydroxylation is 1. The first kappa shape index (κ1) is 21.0. The highest BCUT2D eigenvalue weighted by molar-refractivity contribution is 6.35. The molecule has 0 fully saturated rings. The van der Waals surface area contributed by atoms with E-state index in [4.69, 9.17) is 46.4 Å². The van der Waals surface area contributed by atoms with Gasteiger partial charge in [0.05, 0.1) is 23.0 Å². The molecule has 0 aliphatic carbocycles. The van der Waals surface area contributed by atoms with Crippen LogP contribution in [0.1, 0.15) is 29.9 Å². The van der Waals surface area contributed by atoms with Crippen molar-refractivity contribution in [1.29, 1.82) is 0 Å². The molecule has 0 aliphatic heterocycles. The van der Waals surface area contributed by atoms with E-state index in [2.05, 4.69) is 15.5 Å². The van der Waals surface area contributed by atoms with Crippen LogP contribution in [0.15, 0.2) is 24.4 Å². The maximum atomic E-state index is 12.6. The molecular weight excluding hydrogens is 444 g/mol. The second-order valence-electron chi connectivity index (χ2n) is 6.35. The van der Waals surface area contributed by atoms with Gasteiger partial charge in [0.1, 0.15) is 11.1 Å². The molecule has 2 aromatic heterocycles. The lowest BCUT2D eigenvalue weighted by molar-refractivity contribution is -0.119. The highest BCUT2D eigenvalue weighted by atomic mass is 35.5. The molecule has 28 heavy (non-hydrogen) atoms. The fourth-order valence-corrected chi connectivity index (χ4v) is 3.53. The summed E-state index contributed by atoms with van der Waals surface area (Å²) < 4.78 is 3.17. The Hall–Kier alpha value is -1.73. The molecule has 6 nitrogen and oxygen atoms in total. The molecule has 0 bridgehead atoms. The Morgan fingerprint density at radius 1 is 1.14 bits per heavy atom. The number of aromatic nitrogens is 4. The zero-order chi connectivity index (χ0) is 20.6. The molecule has 1 unspecified atom stereocenters. The first-order valence-corrected chi connectivity index (χ1v) is 9.87. The maximum absolute atomic E-state index is 12.6. The van der Waals surface area contributed by atoms with Crippen LogP contribution in [-0.2, 0) is 11.3 Å². The predicted molar refractivity (Wildman–Crippen MR) is 113 cm³/mol. The van der Waals surface area contributed by atoms with Crippen molar-refractivity contribution in [3.8, 4) is 0 Å².